The minimum atomic E-state index is 0.282. The molecule has 0 fully saturated rings. The lowest BCUT2D eigenvalue weighted by atomic mass is 9.75. The third kappa shape index (κ3) is 3.13. The molecule has 0 aromatic carbocycles. The molecule has 0 amide bonds. The van der Waals surface area contributed by atoms with E-state index in [1.807, 2.05) is 0 Å². The second-order valence-corrected chi connectivity index (χ2v) is 4.32. The van der Waals surface area contributed by atoms with Crippen LogP contribution < -0.4 is 0 Å². The zero-order valence-corrected chi connectivity index (χ0v) is 10.5. The van der Waals surface area contributed by atoms with Crippen LogP contribution in [0.5, 0.6) is 0 Å². The molecule has 0 bridgehead atoms. The Morgan fingerprint density at radius 1 is 1.14 bits per heavy atom. The predicted octanol–water partition coefficient (Wildman–Crippen LogP) is 3.92. The van der Waals surface area contributed by atoms with Crippen LogP contribution in [0.1, 0.15) is 60.3 Å². The number of rotatable bonds is 6. The first-order valence-electron chi connectivity index (χ1n) is 5.85. The van der Waals surface area contributed by atoms with Gasteiger partial charge in [0.2, 0.25) is 0 Å². The van der Waals surface area contributed by atoms with Gasteiger partial charge in [-0.3, -0.25) is 0 Å². The molecule has 0 rings (SSSR count). The summed E-state index contributed by atoms with van der Waals surface area (Å²) in [6.07, 6.45) is 4.29. The molecule has 0 atom stereocenters. The molecule has 1 nitrogen and oxygen atoms in total. The van der Waals surface area contributed by atoms with Crippen molar-refractivity contribution in [3.8, 4) is 0 Å². The highest BCUT2D eigenvalue weighted by Gasteiger charge is 2.23. The van der Waals surface area contributed by atoms with Gasteiger partial charge in [-0.25, -0.2) is 0 Å². The monoisotopic (exact) mass is 198 g/mol. The topological polar surface area (TPSA) is 20.2 Å². The molecule has 84 valence electrons. The van der Waals surface area contributed by atoms with E-state index in [1.165, 1.54) is 24.0 Å². The fourth-order valence-corrected chi connectivity index (χ4v) is 1.97. The van der Waals surface area contributed by atoms with Crippen molar-refractivity contribution >= 4 is 0 Å². The van der Waals surface area contributed by atoms with Gasteiger partial charge in [-0.05, 0) is 38.0 Å². The number of hydrogen-bond acceptors (Lipinski definition) is 1. The van der Waals surface area contributed by atoms with Crippen molar-refractivity contribution in [2.75, 3.05) is 6.61 Å². The van der Waals surface area contributed by atoms with Crippen LogP contribution in [0.2, 0.25) is 0 Å². The largest absolute Gasteiger partial charge is 0.396 e. The molecule has 0 unspecified atom stereocenters. The van der Waals surface area contributed by atoms with Crippen LogP contribution in [-0.2, 0) is 0 Å². The molecule has 1 N–H and O–H groups in total. The van der Waals surface area contributed by atoms with Crippen LogP contribution in [0.4, 0.5) is 0 Å². The summed E-state index contributed by atoms with van der Waals surface area (Å²) in [6.45, 7) is 11.5. The molecule has 0 aliphatic carbocycles. The first-order chi connectivity index (χ1) is 6.55. The van der Waals surface area contributed by atoms with E-state index < -0.39 is 0 Å². The molecule has 0 spiro atoms. The summed E-state index contributed by atoms with van der Waals surface area (Å²) in [5.74, 6) is 0. The molecule has 0 saturated heterocycles. The van der Waals surface area contributed by atoms with Gasteiger partial charge in [-0.2, -0.15) is 0 Å². The van der Waals surface area contributed by atoms with Crippen molar-refractivity contribution in [1.82, 2.24) is 0 Å². The molecule has 0 saturated carbocycles. The van der Waals surface area contributed by atoms with E-state index in [-0.39, 0.29) is 6.61 Å². The van der Waals surface area contributed by atoms with E-state index in [4.69, 9.17) is 5.11 Å². The van der Waals surface area contributed by atoms with Crippen molar-refractivity contribution < 1.29 is 5.11 Å². The van der Waals surface area contributed by atoms with Crippen molar-refractivity contribution in [3.05, 3.63) is 11.1 Å². The van der Waals surface area contributed by atoms with Crippen LogP contribution >= 0.6 is 0 Å². The van der Waals surface area contributed by atoms with Crippen LogP contribution in [0, 0.1) is 5.41 Å². The Morgan fingerprint density at radius 2 is 1.64 bits per heavy atom. The normalized spacial score (nSPS) is 14.1. The van der Waals surface area contributed by atoms with Crippen molar-refractivity contribution in [3.63, 3.8) is 0 Å². The molecule has 0 aliphatic rings. The average molecular weight is 198 g/mol. The van der Waals surface area contributed by atoms with E-state index in [9.17, 15) is 0 Å². The molecule has 0 radical (unpaired) electrons. The van der Waals surface area contributed by atoms with Crippen LogP contribution in [0.15, 0.2) is 11.1 Å². The van der Waals surface area contributed by atoms with Crippen molar-refractivity contribution in [1.29, 1.82) is 0 Å². The van der Waals surface area contributed by atoms with E-state index in [0.29, 0.717) is 5.41 Å². The Bertz CT molecular complexity index is 187. The molecular weight excluding hydrogens is 172 g/mol. The SMILES string of the molecule is CCC(CCO)=C(C)C(C)(CC)CC. The van der Waals surface area contributed by atoms with E-state index in [2.05, 4.69) is 34.6 Å². The zero-order chi connectivity index (χ0) is 11.2. The van der Waals surface area contributed by atoms with E-state index in [0.717, 1.165) is 12.8 Å². The fraction of sp³-hybridized carbons (Fsp3) is 0.846. The molecule has 0 aromatic rings. The Kier molecular flexibility index (Phi) is 6.10. The molecule has 1 heteroatoms. The molecule has 0 heterocycles. The number of hydrogen-bond donors (Lipinski definition) is 1. The Morgan fingerprint density at radius 3 is 1.93 bits per heavy atom. The summed E-state index contributed by atoms with van der Waals surface area (Å²) in [5, 5.41) is 8.99. The van der Waals surface area contributed by atoms with Gasteiger partial charge < -0.3 is 5.11 Å². The zero-order valence-electron chi connectivity index (χ0n) is 10.5. The molecule has 14 heavy (non-hydrogen) atoms. The van der Waals surface area contributed by atoms with Crippen LogP contribution in [0.3, 0.4) is 0 Å². The van der Waals surface area contributed by atoms with Gasteiger partial charge in [0.1, 0.15) is 0 Å². The van der Waals surface area contributed by atoms with Gasteiger partial charge in [0.25, 0.3) is 0 Å². The summed E-state index contributed by atoms with van der Waals surface area (Å²) in [7, 11) is 0. The summed E-state index contributed by atoms with van der Waals surface area (Å²) in [6, 6.07) is 0. The average Bonchev–Trinajstić information content (AvgIpc) is 2.23. The first kappa shape index (κ1) is 13.7. The number of aliphatic hydroxyl groups excluding tert-OH is 1. The van der Waals surface area contributed by atoms with E-state index >= 15 is 0 Å². The summed E-state index contributed by atoms with van der Waals surface area (Å²) in [5.41, 5.74) is 3.28. The highest BCUT2D eigenvalue weighted by Crippen LogP contribution is 2.37. The maximum absolute atomic E-state index is 8.99. The van der Waals surface area contributed by atoms with Crippen molar-refractivity contribution in [2.45, 2.75) is 60.3 Å². The molecular formula is C13H26O. The molecule has 0 aliphatic heterocycles. The third-order valence-corrected chi connectivity index (χ3v) is 3.84. The minimum Gasteiger partial charge on any atom is -0.396 e. The lowest BCUT2D eigenvalue weighted by Crippen LogP contribution is -2.17. The maximum Gasteiger partial charge on any atom is 0.0468 e. The quantitative estimate of drug-likeness (QED) is 0.641. The number of allylic oxidation sites excluding steroid dienone is 1. The lowest BCUT2D eigenvalue weighted by Gasteiger charge is -2.30. The maximum atomic E-state index is 8.99. The van der Waals surface area contributed by atoms with Crippen molar-refractivity contribution in [2.24, 2.45) is 5.41 Å². The van der Waals surface area contributed by atoms with Gasteiger partial charge in [-0.15, -0.1) is 0 Å². The lowest BCUT2D eigenvalue weighted by molar-refractivity contribution is 0.294. The Labute approximate surface area is 89.2 Å². The van der Waals surface area contributed by atoms with Gasteiger partial charge in [0.15, 0.2) is 0 Å². The standard InChI is InChI=1S/C13H26O/c1-6-12(9-10-14)11(4)13(5,7-2)8-3/h14H,6-10H2,1-5H3. The summed E-state index contributed by atoms with van der Waals surface area (Å²) in [4.78, 5) is 0. The Hall–Kier alpha value is -0.300. The summed E-state index contributed by atoms with van der Waals surface area (Å²) >= 11 is 0. The minimum absolute atomic E-state index is 0.282. The Balaban J connectivity index is 4.89. The first-order valence-corrected chi connectivity index (χ1v) is 5.85. The summed E-state index contributed by atoms with van der Waals surface area (Å²) < 4.78 is 0. The second kappa shape index (κ2) is 6.23. The van der Waals surface area contributed by atoms with Gasteiger partial charge in [-0.1, -0.05) is 38.8 Å². The van der Waals surface area contributed by atoms with E-state index in [1.54, 1.807) is 0 Å². The van der Waals surface area contributed by atoms with Gasteiger partial charge >= 0.3 is 0 Å². The highest BCUT2D eigenvalue weighted by molar-refractivity contribution is 5.19. The third-order valence-electron chi connectivity index (χ3n) is 3.84. The van der Waals surface area contributed by atoms with Gasteiger partial charge in [0.05, 0.1) is 0 Å². The van der Waals surface area contributed by atoms with Crippen LogP contribution in [-0.4, -0.2) is 11.7 Å². The number of aliphatic hydroxyl groups is 1. The van der Waals surface area contributed by atoms with Crippen LogP contribution in [0.25, 0.3) is 0 Å². The molecule has 0 aromatic heterocycles. The second-order valence-electron chi connectivity index (χ2n) is 4.32. The highest BCUT2D eigenvalue weighted by atomic mass is 16.2. The van der Waals surface area contributed by atoms with Gasteiger partial charge in [0, 0.05) is 6.61 Å². The predicted molar refractivity (Wildman–Crippen MR) is 63.4 cm³/mol. The fourth-order valence-electron chi connectivity index (χ4n) is 1.97. The smallest absolute Gasteiger partial charge is 0.0468 e.